The summed E-state index contributed by atoms with van der Waals surface area (Å²) in [6.45, 7) is 1.76. The van der Waals surface area contributed by atoms with Crippen LogP contribution in [0.5, 0.6) is 0 Å². The van der Waals surface area contributed by atoms with Gasteiger partial charge >= 0.3 is 0 Å². The zero-order valence-electron chi connectivity index (χ0n) is 8.23. The summed E-state index contributed by atoms with van der Waals surface area (Å²) in [6, 6.07) is 12.2. The summed E-state index contributed by atoms with van der Waals surface area (Å²) in [7, 11) is 0. The van der Waals surface area contributed by atoms with Crippen molar-refractivity contribution >= 4 is 12.4 Å². The average molecular weight is 211 g/mol. The number of aryl methyl sites for hydroxylation is 1. The van der Waals surface area contributed by atoms with Crippen LogP contribution in [0.25, 0.3) is 0 Å². The average Bonchev–Trinajstić information content (AvgIpc) is 2.17. The van der Waals surface area contributed by atoms with Crippen LogP contribution in [-0.2, 0) is 6.42 Å². The van der Waals surface area contributed by atoms with Crippen molar-refractivity contribution in [1.82, 2.24) is 0 Å². The molecule has 0 aliphatic carbocycles. The molecule has 1 aromatic rings. The van der Waals surface area contributed by atoms with Gasteiger partial charge in [-0.25, -0.2) is 0 Å². The molecule has 0 radical (unpaired) electrons. The van der Waals surface area contributed by atoms with Crippen molar-refractivity contribution in [2.45, 2.75) is 25.3 Å². The Morgan fingerprint density at radius 1 is 1.36 bits per heavy atom. The predicted octanol–water partition coefficient (Wildman–Crippen LogP) is 2.28. The Kier molecular flexibility index (Phi) is 5.22. The van der Waals surface area contributed by atoms with Crippen molar-refractivity contribution in [3.8, 4) is 6.07 Å². The molecule has 1 atom stereocenters. The highest BCUT2D eigenvalue weighted by molar-refractivity contribution is 5.85. The lowest BCUT2D eigenvalue weighted by Gasteiger charge is -2.14. The molecule has 2 nitrogen and oxygen atoms in total. The highest BCUT2D eigenvalue weighted by atomic mass is 35.5. The highest BCUT2D eigenvalue weighted by Gasteiger charge is 2.16. The van der Waals surface area contributed by atoms with Crippen LogP contribution >= 0.6 is 12.4 Å². The molecule has 0 aromatic heterocycles. The van der Waals surface area contributed by atoms with Gasteiger partial charge in [0.05, 0.1) is 6.07 Å². The first-order valence-corrected chi connectivity index (χ1v) is 4.38. The van der Waals surface area contributed by atoms with E-state index in [1.165, 1.54) is 5.56 Å². The molecule has 0 aliphatic rings. The van der Waals surface area contributed by atoms with E-state index in [0.717, 1.165) is 6.42 Å². The minimum atomic E-state index is -0.699. The number of hydrogen-bond acceptors (Lipinski definition) is 2. The SMILES string of the molecule is CC(N)(C#N)CCc1ccccc1.Cl. The second-order valence-corrected chi connectivity index (χ2v) is 3.51. The zero-order valence-corrected chi connectivity index (χ0v) is 9.05. The predicted molar refractivity (Wildman–Crippen MR) is 60.2 cm³/mol. The Hall–Kier alpha value is -1.04. The maximum atomic E-state index is 8.70. The fraction of sp³-hybridized carbons (Fsp3) is 0.364. The first-order valence-electron chi connectivity index (χ1n) is 4.38. The quantitative estimate of drug-likeness (QED) is 0.832. The van der Waals surface area contributed by atoms with Crippen LogP contribution in [-0.4, -0.2) is 5.54 Å². The third-order valence-electron chi connectivity index (χ3n) is 2.03. The smallest absolute Gasteiger partial charge is 0.101 e. The molecule has 0 heterocycles. The van der Waals surface area contributed by atoms with Crippen LogP contribution in [0.15, 0.2) is 30.3 Å². The number of nitriles is 1. The Bertz CT molecular complexity index is 301. The number of halogens is 1. The van der Waals surface area contributed by atoms with E-state index in [1.807, 2.05) is 30.3 Å². The fourth-order valence-electron chi connectivity index (χ4n) is 1.10. The molecule has 0 amide bonds. The molecule has 1 unspecified atom stereocenters. The standard InChI is InChI=1S/C11H14N2.ClH/c1-11(13,9-12)8-7-10-5-3-2-4-6-10;/h2-6H,7-8,13H2,1H3;1H. The molecule has 3 heteroatoms. The molecule has 0 saturated heterocycles. The largest absolute Gasteiger partial charge is 0.314 e. The Balaban J connectivity index is 0.00000169. The summed E-state index contributed by atoms with van der Waals surface area (Å²) in [4.78, 5) is 0. The molecule has 0 bridgehead atoms. The van der Waals surface area contributed by atoms with E-state index in [0.29, 0.717) is 6.42 Å². The van der Waals surface area contributed by atoms with Crippen LogP contribution in [0.1, 0.15) is 18.9 Å². The molecule has 1 rings (SSSR count). The molecule has 76 valence electrons. The lowest BCUT2D eigenvalue weighted by Crippen LogP contribution is -2.34. The van der Waals surface area contributed by atoms with Gasteiger partial charge < -0.3 is 5.73 Å². The van der Waals surface area contributed by atoms with E-state index in [9.17, 15) is 0 Å². The van der Waals surface area contributed by atoms with Gasteiger partial charge in [-0.05, 0) is 25.3 Å². The van der Waals surface area contributed by atoms with Gasteiger partial charge in [-0.3, -0.25) is 0 Å². The number of nitrogens with zero attached hydrogens (tertiary/aromatic N) is 1. The number of hydrogen-bond donors (Lipinski definition) is 1. The molecule has 2 N–H and O–H groups in total. The molecule has 0 fully saturated rings. The van der Waals surface area contributed by atoms with Gasteiger partial charge in [-0.1, -0.05) is 30.3 Å². The van der Waals surface area contributed by atoms with Gasteiger partial charge in [0.25, 0.3) is 0 Å². The van der Waals surface area contributed by atoms with Gasteiger partial charge in [0, 0.05) is 0 Å². The van der Waals surface area contributed by atoms with Gasteiger partial charge in [0.1, 0.15) is 5.54 Å². The van der Waals surface area contributed by atoms with E-state index in [1.54, 1.807) is 6.92 Å². The van der Waals surface area contributed by atoms with Crippen LogP contribution in [0, 0.1) is 11.3 Å². The number of rotatable bonds is 3. The minimum Gasteiger partial charge on any atom is -0.314 e. The Morgan fingerprint density at radius 2 is 1.93 bits per heavy atom. The van der Waals surface area contributed by atoms with Crippen LogP contribution < -0.4 is 5.73 Å². The van der Waals surface area contributed by atoms with Crippen molar-refractivity contribution in [1.29, 1.82) is 5.26 Å². The normalized spacial score (nSPS) is 13.5. The lowest BCUT2D eigenvalue weighted by atomic mass is 9.96. The number of benzene rings is 1. The van der Waals surface area contributed by atoms with Crippen molar-refractivity contribution < 1.29 is 0 Å². The molecule has 0 spiro atoms. The summed E-state index contributed by atoms with van der Waals surface area (Å²) in [5.74, 6) is 0. The summed E-state index contributed by atoms with van der Waals surface area (Å²) >= 11 is 0. The first kappa shape index (κ1) is 13.0. The monoisotopic (exact) mass is 210 g/mol. The summed E-state index contributed by atoms with van der Waals surface area (Å²) in [6.07, 6.45) is 1.56. The minimum absolute atomic E-state index is 0. The van der Waals surface area contributed by atoms with Gasteiger partial charge in [-0.2, -0.15) is 5.26 Å². The topological polar surface area (TPSA) is 49.8 Å². The van der Waals surface area contributed by atoms with E-state index in [-0.39, 0.29) is 12.4 Å². The molecule has 14 heavy (non-hydrogen) atoms. The van der Waals surface area contributed by atoms with Crippen molar-refractivity contribution in [3.05, 3.63) is 35.9 Å². The second-order valence-electron chi connectivity index (χ2n) is 3.51. The van der Waals surface area contributed by atoms with Gasteiger partial charge in [0.15, 0.2) is 0 Å². The maximum Gasteiger partial charge on any atom is 0.101 e. The third-order valence-corrected chi connectivity index (χ3v) is 2.03. The molecule has 0 aliphatic heterocycles. The molecule has 1 aromatic carbocycles. The fourth-order valence-corrected chi connectivity index (χ4v) is 1.10. The molecular formula is C11H15ClN2. The van der Waals surface area contributed by atoms with Crippen molar-refractivity contribution in [3.63, 3.8) is 0 Å². The maximum absolute atomic E-state index is 8.70. The van der Waals surface area contributed by atoms with Crippen LogP contribution in [0.2, 0.25) is 0 Å². The molecule has 0 saturated carbocycles. The lowest BCUT2D eigenvalue weighted by molar-refractivity contribution is 0.546. The first-order chi connectivity index (χ1) is 6.14. The van der Waals surface area contributed by atoms with Crippen LogP contribution in [0.3, 0.4) is 0 Å². The summed E-state index contributed by atoms with van der Waals surface area (Å²) in [5.41, 5.74) is 6.24. The van der Waals surface area contributed by atoms with E-state index in [4.69, 9.17) is 11.0 Å². The van der Waals surface area contributed by atoms with E-state index < -0.39 is 5.54 Å². The third kappa shape index (κ3) is 4.27. The van der Waals surface area contributed by atoms with E-state index >= 15 is 0 Å². The van der Waals surface area contributed by atoms with Gasteiger partial charge in [-0.15, -0.1) is 12.4 Å². The van der Waals surface area contributed by atoms with Crippen LogP contribution in [0.4, 0.5) is 0 Å². The highest BCUT2D eigenvalue weighted by Crippen LogP contribution is 2.10. The van der Waals surface area contributed by atoms with Crippen molar-refractivity contribution in [2.24, 2.45) is 5.73 Å². The van der Waals surface area contributed by atoms with Crippen molar-refractivity contribution in [2.75, 3.05) is 0 Å². The summed E-state index contributed by atoms with van der Waals surface area (Å²) < 4.78 is 0. The van der Waals surface area contributed by atoms with E-state index in [2.05, 4.69) is 6.07 Å². The van der Waals surface area contributed by atoms with Gasteiger partial charge in [0.2, 0.25) is 0 Å². The number of nitrogens with two attached hydrogens (primary N) is 1. The summed E-state index contributed by atoms with van der Waals surface area (Å²) in [5, 5.41) is 8.70. The molecular weight excluding hydrogens is 196 g/mol. The second kappa shape index (κ2) is 5.64. The zero-order chi connectivity index (χ0) is 9.73. The Labute approximate surface area is 91.1 Å². The Morgan fingerprint density at radius 3 is 2.43 bits per heavy atom.